The van der Waals surface area contributed by atoms with E-state index in [1.807, 2.05) is 6.20 Å². The van der Waals surface area contributed by atoms with Crippen LogP contribution in [0.15, 0.2) is 66.9 Å². The third kappa shape index (κ3) is 2.50. The van der Waals surface area contributed by atoms with Gasteiger partial charge in [-0.1, -0.05) is 82.3 Å². The van der Waals surface area contributed by atoms with Crippen LogP contribution in [0.1, 0.15) is 50.7 Å². The van der Waals surface area contributed by atoms with Crippen molar-refractivity contribution in [1.82, 2.24) is 4.98 Å². The summed E-state index contributed by atoms with van der Waals surface area (Å²) in [6, 6.07) is 22.6. The fourth-order valence-electron chi connectivity index (χ4n) is 4.39. The van der Waals surface area contributed by atoms with E-state index in [9.17, 15) is 0 Å². The van der Waals surface area contributed by atoms with Crippen LogP contribution in [0.4, 0.5) is 0 Å². The number of aromatic nitrogens is 1. The summed E-state index contributed by atoms with van der Waals surface area (Å²) in [5, 5.41) is 2.55. The van der Waals surface area contributed by atoms with Gasteiger partial charge in [-0.2, -0.15) is 0 Å². The van der Waals surface area contributed by atoms with Gasteiger partial charge in [0.2, 0.25) is 0 Å². The second-order valence-corrected chi connectivity index (χ2v) is 8.49. The maximum atomic E-state index is 4.85. The third-order valence-electron chi connectivity index (χ3n) is 6.03. The first-order valence-electron chi connectivity index (χ1n) is 10.2. The van der Waals surface area contributed by atoms with Crippen LogP contribution in [-0.2, 0) is 0 Å². The molecule has 0 unspecified atom stereocenters. The summed E-state index contributed by atoms with van der Waals surface area (Å²) >= 11 is 0. The monoisotopic (exact) mass is 363 g/mol. The van der Waals surface area contributed by atoms with Crippen molar-refractivity contribution >= 4 is 10.8 Å². The molecular formula is C27H25N. The van der Waals surface area contributed by atoms with E-state index in [1.165, 1.54) is 49.7 Å². The third-order valence-corrected chi connectivity index (χ3v) is 6.03. The molecule has 0 saturated heterocycles. The average Bonchev–Trinajstić information content (AvgIpc) is 2.83. The zero-order chi connectivity index (χ0) is 19.4. The van der Waals surface area contributed by atoms with Crippen LogP contribution in [0, 0.1) is 0 Å². The largest absolute Gasteiger partial charge is 0.256 e. The van der Waals surface area contributed by atoms with E-state index in [2.05, 4.69) is 88.4 Å². The average molecular weight is 364 g/mol. The lowest BCUT2D eigenvalue weighted by Gasteiger charge is -2.16. The van der Waals surface area contributed by atoms with Gasteiger partial charge in [0.25, 0.3) is 0 Å². The smallest absolute Gasteiger partial charge is 0.0792 e. The maximum absolute atomic E-state index is 4.85. The van der Waals surface area contributed by atoms with Crippen molar-refractivity contribution in [2.75, 3.05) is 0 Å². The Bertz CT molecular complexity index is 1210. The zero-order valence-electron chi connectivity index (χ0n) is 17.0. The molecule has 0 aliphatic heterocycles. The number of nitrogens with zero attached hydrogens (tertiary/aromatic N) is 1. The Morgan fingerprint density at radius 3 is 2.04 bits per heavy atom. The summed E-state index contributed by atoms with van der Waals surface area (Å²) in [7, 11) is 0. The molecule has 3 aromatic carbocycles. The van der Waals surface area contributed by atoms with Crippen LogP contribution in [-0.4, -0.2) is 4.98 Å². The van der Waals surface area contributed by atoms with Gasteiger partial charge >= 0.3 is 0 Å². The predicted molar refractivity (Wildman–Crippen MR) is 120 cm³/mol. The SMILES string of the molecule is CC(C)c1ccc2c(c1)-c1ccccc1-c1nccc3cc(C(C)C)cc-2c13. The molecule has 1 nitrogen and oxygen atoms in total. The highest BCUT2D eigenvalue weighted by molar-refractivity contribution is 6.12. The molecule has 0 spiro atoms. The second kappa shape index (κ2) is 6.31. The fourth-order valence-corrected chi connectivity index (χ4v) is 4.39. The van der Waals surface area contributed by atoms with Crippen LogP contribution in [0.25, 0.3) is 44.3 Å². The summed E-state index contributed by atoms with van der Waals surface area (Å²) in [5.41, 5.74) is 10.3. The van der Waals surface area contributed by atoms with Gasteiger partial charge < -0.3 is 0 Å². The minimum Gasteiger partial charge on any atom is -0.256 e. The molecule has 4 aromatic rings. The van der Waals surface area contributed by atoms with E-state index in [0.29, 0.717) is 11.8 Å². The Morgan fingerprint density at radius 1 is 0.607 bits per heavy atom. The van der Waals surface area contributed by atoms with Crippen molar-refractivity contribution in [2.24, 2.45) is 0 Å². The normalized spacial score (nSPS) is 12.2. The fraction of sp³-hybridized carbons (Fsp3) is 0.222. The van der Waals surface area contributed by atoms with E-state index in [4.69, 9.17) is 4.98 Å². The predicted octanol–water partition coefficient (Wildman–Crippen LogP) is 7.80. The first-order valence-corrected chi connectivity index (χ1v) is 10.2. The first kappa shape index (κ1) is 17.2. The van der Waals surface area contributed by atoms with Gasteiger partial charge in [0.1, 0.15) is 0 Å². The summed E-state index contributed by atoms with van der Waals surface area (Å²) in [4.78, 5) is 4.85. The van der Waals surface area contributed by atoms with Crippen molar-refractivity contribution < 1.29 is 0 Å². The van der Waals surface area contributed by atoms with Crippen molar-refractivity contribution in [3.05, 3.63) is 78.0 Å². The van der Waals surface area contributed by atoms with Crippen molar-refractivity contribution in [3.8, 4) is 33.5 Å². The second-order valence-electron chi connectivity index (χ2n) is 8.49. The highest BCUT2D eigenvalue weighted by atomic mass is 14.7. The molecule has 1 aromatic heterocycles. The molecule has 1 aliphatic carbocycles. The molecule has 5 rings (SSSR count). The van der Waals surface area contributed by atoms with Gasteiger partial charge in [0.05, 0.1) is 5.69 Å². The Kier molecular flexibility index (Phi) is 3.87. The number of hydrogen-bond acceptors (Lipinski definition) is 1. The highest BCUT2D eigenvalue weighted by Crippen LogP contribution is 2.48. The number of rotatable bonds is 2. The van der Waals surface area contributed by atoms with E-state index in [-0.39, 0.29) is 0 Å². The quantitative estimate of drug-likeness (QED) is 0.312. The van der Waals surface area contributed by atoms with E-state index in [0.717, 1.165) is 5.69 Å². The molecule has 0 bridgehead atoms. The van der Waals surface area contributed by atoms with Crippen molar-refractivity contribution in [3.63, 3.8) is 0 Å². The minimum atomic E-state index is 0.487. The van der Waals surface area contributed by atoms with Crippen LogP contribution >= 0.6 is 0 Å². The molecular weight excluding hydrogens is 338 g/mol. The molecule has 0 atom stereocenters. The zero-order valence-corrected chi connectivity index (χ0v) is 17.0. The number of pyridine rings is 1. The topological polar surface area (TPSA) is 12.9 Å². The molecule has 1 heteroatoms. The summed E-state index contributed by atoms with van der Waals surface area (Å²) in [6.45, 7) is 9.06. The molecule has 28 heavy (non-hydrogen) atoms. The van der Waals surface area contributed by atoms with E-state index >= 15 is 0 Å². The van der Waals surface area contributed by atoms with Gasteiger partial charge in [-0.3, -0.25) is 4.98 Å². The first-order chi connectivity index (χ1) is 13.5. The molecule has 0 amide bonds. The summed E-state index contributed by atoms with van der Waals surface area (Å²) < 4.78 is 0. The molecule has 138 valence electrons. The van der Waals surface area contributed by atoms with Crippen LogP contribution in [0.2, 0.25) is 0 Å². The lowest BCUT2D eigenvalue weighted by Crippen LogP contribution is -1.94. The van der Waals surface area contributed by atoms with Gasteiger partial charge in [0.15, 0.2) is 0 Å². The van der Waals surface area contributed by atoms with Gasteiger partial charge in [-0.15, -0.1) is 0 Å². The molecule has 1 heterocycles. The highest BCUT2D eigenvalue weighted by Gasteiger charge is 2.23. The Morgan fingerprint density at radius 2 is 1.29 bits per heavy atom. The van der Waals surface area contributed by atoms with Gasteiger partial charge in [-0.05, 0) is 56.7 Å². The summed E-state index contributed by atoms with van der Waals surface area (Å²) in [6.07, 6.45) is 1.96. The molecule has 1 aliphatic rings. The van der Waals surface area contributed by atoms with Gasteiger partial charge in [0, 0.05) is 17.1 Å². The van der Waals surface area contributed by atoms with Crippen LogP contribution < -0.4 is 0 Å². The minimum absolute atomic E-state index is 0.487. The molecule has 0 fully saturated rings. The standard InChI is InChI=1S/C27H25N/c1-16(2)18-9-10-22-24(14-18)21-7-5-6-8-23(21)27-26-19(11-12-28-27)13-20(17(3)4)15-25(22)26/h5-17H,1-4H3. The Hall–Kier alpha value is -2.93. The molecule has 0 radical (unpaired) electrons. The summed E-state index contributed by atoms with van der Waals surface area (Å²) in [5.74, 6) is 0.990. The van der Waals surface area contributed by atoms with Crippen LogP contribution in [0.5, 0.6) is 0 Å². The number of fused-ring (bicyclic) bond motifs is 5. The van der Waals surface area contributed by atoms with Crippen LogP contribution in [0.3, 0.4) is 0 Å². The molecule has 0 saturated carbocycles. The maximum Gasteiger partial charge on any atom is 0.0792 e. The number of benzene rings is 3. The van der Waals surface area contributed by atoms with Crippen molar-refractivity contribution in [2.45, 2.75) is 39.5 Å². The Balaban J connectivity index is 1.98. The van der Waals surface area contributed by atoms with E-state index in [1.54, 1.807) is 0 Å². The number of hydrogen-bond donors (Lipinski definition) is 0. The lowest BCUT2D eigenvalue weighted by molar-refractivity contribution is 0.867. The Labute approximate surface area is 167 Å². The lowest BCUT2D eigenvalue weighted by atomic mass is 9.88. The van der Waals surface area contributed by atoms with Crippen molar-refractivity contribution in [1.29, 1.82) is 0 Å². The van der Waals surface area contributed by atoms with E-state index < -0.39 is 0 Å². The van der Waals surface area contributed by atoms with Gasteiger partial charge in [-0.25, -0.2) is 0 Å². The molecule has 0 N–H and O–H groups in total.